The number of alkyl halides is 3. The van der Waals surface area contributed by atoms with Crippen LogP contribution in [0.4, 0.5) is 18.0 Å². The molecule has 6 nitrogen and oxygen atoms in total. The third-order valence-electron chi connectivity index (χ3n) is 2.30. The van der Waals surface area contributed by atoms with Gasteiger partial charge in [0.2, 0.25) is 0 Å². The maximum absolute atomic E-state index is 12.1. The largest absolute Gasteiger partial charge is 0.534 e. The quantitative estimate of drug-likeness (QED) is 0.634. The van der Waals surface area contributed by atoms with E-state index in [1.54, 1.807) is 20.8 Å². The molecule has 1 aliphatic carbocycles. The summed E-state index contributed by atoms with van der Waals surface area (Å²) >= 11 is 0. The van der Waals surface area contributed by atoms with Crippen LogP contribution in [0.3, 0.4) is 0 Å². The van der Waals surface area contributed by atoms with E-state index < -0.39 is 33.4 Å². The van der Waals surface area contributed by atoms with E-state index in [1.807, 2.05) is 0 Å². The van der Waals surface area contributed by atoms with Gasteiger partial charge in [0.15, 0.2) is 0 Å². The molecule has 0 unspecified atom stereocenters. The maximum atomic E-state index is 12.1. The number of alkyl carbamates (subject to hydrolysis) is 1. The fourth-order valence-corrected chi connectivity index (χ4v) is 2.04. The van der Waals surface area contributed by atoms with Crippen molar-refractivity contribution in [3.8, 4) is 0 Å². The Balaban J connectivity index is 2.52. The van der Waals surface area contributed by atoms with E-state index in [0.717, 1.165) is 0 Å². The molecule has 21 heavy (non-hydrogen) atoms. The summed E-state index contributed by atoms with van der Waals surface area (Å²) in [6.45, 7) is 4.97. The van der Waals surface area contributed by atoms with Crippen LogP contribution in [-0.4, -0.2) is 31.7 Å². The first-order chi connectivity index (χ1) is 9.30. The van der Waals surface area contributed by atoms with E-state index >= 15 is 0 Å². The molecule has 10 heteroatoms. The van der Waals surface area contributed by atoms with Crippen molar-refractivity contribution in [2.24, 2.45) is 0 Å². The van der Waals surface area contributed by atoms with E-state index in [9.17, 15) is 26.4 Å². The van der Waals surface area contributed by atoms with Gasteiger partial charge < -0.3 is 14.2 Å². The molecule has 0 aromatic rings. The summed E-state index contributed by atoms with van der Waals surface area (Å²) in [7, 11) is -5.67. The summed E-state index contributed by atoms with van der Waals surface area (Å²) in [5.74, 6) is -0.353. The number of amides is 1. The van der Waals surface area contributed by atoms with Crippen LogP contribution in [0, 0.1) is 0 Å². The zero-order valence-corrected chi connectivity index (χ0v) is 12.5. The summed E-state index contributed by atoms with van der Waals surface area (Å²) in [5.41, 5.74) is -6.19. The number of carbonyl (C=O) groups is 1. The van der Waals surface area contributed by atoms with Gasteiger partial charge in [0.1, 0.15) is 11.4 Å². The second-order valence-corrected chi connectivity index (χ2v) is 6.97. The standard InChI is InChI=1S/C11H16F3NO5S/c1-10(2,3)19-9(16)15-7-4-5-8(6-7)20-21(17,18)11(12,13)14/h5,7H,4,6H2,1-3H3,(H,15,16)/t7-/m1/s1. The number of halogens is 3. The van der Waals surface area contributed by atoms with E-state index in [4.69, 9.17) is 4.74 Å². The molecule has 0 saturated heterocycles. The summed E-state index contributed by atoms with van der Waals surface area (Å²) in [6, 6.07) is -0.571. The molecule has 0 aliphatic heterocycles. The summed E-state index contributed by atoms with van der Waals surface area (Å²) < 4.78 is 67.1. The van der Waals surface area contributed by atoms with Crippen molar-refractivity contribution in [1.82, 2.24) is 5.32 Å². The minimum atomic E-state index is -5.67. The Labute approximate surface area is 120 Å². The van der Waals surface area contributed by atoms with Crippen LogP contribution in [0.5, 0.6) is 0 Å². The molecule has 122 valence electrons. The van der Waals surface area contributed by atoms with Gasteiger partial charge in [-0.2, -0.15) is 21.6 Å². The minimum Gasteiger partial charge on any atom is -0.444 e. The Hall–Kier alpha value is -1.45. The SMILES string of the molecule is CC(C)(C)OC(=O)N[C@@H]1CC=C(OS(=O)(=O)C(F)(F)F)C1. The number of ether oxygens (including phenoxy) is 1. The first kappa shape index (κ1) is 17.6. The zero-order valence-electron chi connectivity index (χ0n) is 11.7. The highest BCUT2D eigenvalue weighted by atomic mass is 32.2. The Morgan fingerprint density at radius 1 is 1.33 bits per heavy atom. The number of rotatable bonds is 3. The lowest BCUT2D eigenvalue weighted by molar-refractivity contribution is -0.0523. The lowest BCUT2D eigenvalue weighted by Crippen LogP contribution is -2.38. The topological polar surface area (TPSA) is 81.7 Å². The molecule has 0 aromatic heterocycles. The average molecular weight is 331 g/mol. The molecule has 1 atom stereocenters. The molecule has 0 bridgehead atoms. The van der Waals surface area contributed by atoms with Crippen molar-refractivity contribution in [2.75, 3.05) is 0 Å². The minimum absolute atomic E-state index is 0.155. The molecule has 1 N–H and O–H groups in total. The van der Waals surface area contributed by atoms with Gasteiger partial charge in [-0.3, -0.25) is 0 Å². The first-order valence-electron chi connectivity index (χ1n) is 5.99. The highest BCUT2D eigenvalue weighted by Gasteiger charge is 2.49. The molecule has 0 heterocycles. The Kier molecular flexibility index (Phi) is 4.81. The van der Waals surface area contributed by atoms with Crippen LogP contribution in [0.1, 0.15) is 33.6 Å². The van der Waals surface area contributed by atoms with Gasteiger partial charge >= 0.3 is 21.7 Å². The molecule has 1 rings (SSSR count). The monoisotopic (exact) mass is 331 g/mol. The third kappa shape index (κ3) is 5.44. The Morgan fingerprint density at radius 3 is 2.38 bits per heavy atom. The van der Waals surface area contributed by atoms with Crippen LogP contribution < -0.4 is 5.32 Å². The lowest BCUT2D eigenvalue weighted by atomic mass is 10.2. The van der Waals surface area contributed by atoms with Gasteiger partial charge in [-0.25, -0.2) is 4.79 Å². The van der Waals surface area contributed by atoms with E-state index in [2.05, 4.69) is 9.50 Å². The molecular weight excluding hydrogens is 315 g/mol. The molecule has 1 amide bonds. The fraction of sp³-hybridized carbons (Fsp3) is 0.727. The average Bonchev–Trinajstić information content (AvgIpc) is 2.59. The van der Waals surface area contributed by atoms with Gasteiger partial charge in [0, 0.05) is 12.5 Å². The number of carbonyl (C=O) groups excluding carboxylic acids is 1. The second-order valence-electron chi connectivity index (χ2n) is 5.44. The zero-order chi connectivity index (χ0) is 16.5. The highest BCUT2D eigenvalue weighted by Crippen LogP contribution is 2.30. The Bertz CT molecular complexity index is 533. The van der Waals surface area contributed by atoms with E-state index in [-0.39, 0.29) is 18.6 Å². The van der Waals surface area contributed by atoms with Crippen LogP contribution in [0.25, 0.3) is 0 Å². The summed E-state index contributed by atoms with van der Waals surface area (Å²) in [4.78, 5) is 11.5. The third-order valence-corrected chi connectivity index (χ3v) is 3.30. The molecule has 0 radical (unpaired) electrons. The van der Waals surface area contributed by atoms with Crippen molar-refractivity contribution in [3.05, 3.63) is 11.8 Å². The van der Waals surface area contributed by atoms with E-state index in [0.29, 0.717) is 0 Å². The van der Waals surface area contributed by atoms with Crippen molar-refractivity contribution in [2.45, 2.75) is 50.8 Å². The Morgan fingerprint density at radius 2 is 1.90 bits per heavy atom. The van der Waals surface area contributed by atoms with Crippen LogP contribution in [0.15, 0.2) is 11.8 Å². The van der Waals surface area contributed by atoms with Gasteiger partial charge in [-0.1, -0.05) is 0 Å². The summed E-state index contributed by atoms with van der Waals surface area (Å²) in [5, 5.41) is 2.42. The van der Waals surface area contributed by atoms with Crippen molar-refractivity contribution in [1.29, 1.82) is 0 Å². The van der Waals surface area contributed by atoms with Gasteiger partial charge in [0.05, 0.1) is 0 Å². The van der Waals surface area contributed by atoms with Crippen molar-refractivity contribution >= 4 is 16.2 Å². The van der Waals surface area contributed by atoms with Crippen LogP contribution in [0.2, 0.25) is 0 Å². The molecule has 0 saturated carbocycles. The summed E-state index contributed by atoms with van der Waals surface area (Å²) in [6.07, 6.45) is 0.447. The maximum Gasteiger partial charge on any atom is 0.534 e. The fourth-order valence-electron chi connectivity index (χ4n) is 1.52. The predicted octanol–water partition coefficient (Wildman–Crippen LogP) is 2.42. The highest BCUT2D eigenvalue weighted by molar-refractivity contribution is 7.87. The van der Waals surface area contributed by atoms with Crippen molar-refractivity contribution < 1.29 is 35.3 Å². The van der Waals surface area contributed by atoms with Crippen LogP contribution >= 0.6 is 0 Å². The van der Waals surface area contributed by atoms with Gasteiger partial charge in [-0.05, 0) is 33.3 Å². The number of nitrogens with one attached hydrogen (secondary N) is 1. The number of hydrogen-bond donors (Lipinski definition) is 1. The molecule has 0 fully saturated rings. The second kappa shape index (κ2) is 5.74. The first-order valence-corrected chi connectivity index (χ1v) is 7.40. The molecule has 0 aromatic carbocycles. The number of hydrogen-bond acceptors (Lipinski definition) is 5. The lowest BCUT2D eigenvalue weighted by Gasteiger charge is -2.21. The predicted molar refractivity (Wildman–Crippen MR) is 66.5 cm³/mol. The van der Waals surface area contributed by atoms with Gasteiger partial charge in [0.25, 0.3) is 0 Å². The smallest absolute Gasteiger partial charge is 0.444 e. The van der Waals surface area contributed by atoms with Crippen molar-refractivity contribution in [3.63, 3.8) is 0 Å². The van der Waals surface area contributed by atoms with Crippen LogP contribution in [-0.2, 0) is 19.0 Å². The molecule has 0 spiro atoms. The van der Waals surface area contributed by atoms with E-state index in [1.165, 1.54) is 6.08 Å². The molecular formula is C11H16F3NO5S. The normalized spacial score (nSPS) is 19.9. The van der Waals surface area contributed by atoms with Gasteiger partial charge in [-0.15, -0.1) is 0 Å². The molecule has 1 aliphatic rings.